The number of piperidine rings is 1. The van der Waals surface area contributed by atoms with Gasteiger partial charge in [0, 0.05) is 24.8 Å². The lowest BCUT2D eigenvalue weighted by molar-refractivity contribution is 0.126. The molecule has 2 aliphatic rings. The summed E-state index contributed by atoms with van der Waals surface area (Å²) >= 11 is 0. The number of pyridine rings is 1. The van der Waals surface area contributed by atoms with Crippen molar-refractivity contribution in [3.8, 4) is 0 Å². The van der Waals surface area contributed by atoms with E-state index in [1.165, 1.54) is 24.0 Å². The number of nitrogens with one attached hydrogen (secondary N) is 1. The fraction of sp³-hybridized carbons (Fsp3) is 0.688. The van der Waals surface area contributed by atoms with Crippen molar-refractivity contribution in [3.05, 3.63) is 23.4 Å². The SMILES string of the molecule is CCNCc1cnc(N2C3CCC2CC(O)C3)c(C)c1. The van der Waals surface area contributed by atoms with E-state index in [9.17, 15) is 5.11 Å². The number of aliphatic hydroxyl groups excluding tert-OH is 1. The number of anilines is 1. The molecule has 20 heavy (non-hydrogen) atoms. The Morgan fingerprint density at radius 1 is 1.35 bits per heavy atom. The molecule has 2 unspecified atom stereocenters. The zero-order valence-corrected chi connectivity index (χ0v) is 12.5. The minimum atomic E-state index is -0.114. The van der Waals surface area contributed by atoms with Crippen LogP contribution in [0.15, 0.2) is 12.3 Å². The van der Waals surface area contributed by atoms with E-state index in [1.807, 2.05) is 6.20 Å². The Kier molecular flexibility index (Phi) is 3.94. The van der Waals surface area contributed by atoms with Crippen molar-refractivity contribution in [2.75, 3.05) is 11.4 Å². The molecule has 0 aromatic carbocycles. The third-order valence-corrected chi connectivity index (χ3v) is 4.64. The van der Waals surface area contributed by atoms with E-state index in [1.54, 1.807) is 0 Å². The first-order chi connectivity index (χ1) is 9.69. The first kappa shape index (κ1) is 13.8. The van der Waals surface area contributed by atoms with E-state index in [-0.39, 0.29) is 6.10 Å². The molecule has 2 bridgehead atoms. The van der Waals surface area contributed by atoms with Gasteiger partial charge in [0.05, 0.1) is 6.10 Å². The Hall–Kier alpha value is -1.13. The van der Waals surface area contributed by atoms with Crippen LogP contribution in [0.25, 0.3) is 0 Å². The Labute approximate surface area is 121 Å². The van der Waals surface area contributed by atoms with Gasteiger partial charge in [0.15, 0.2) is 0 Å². The largest absolute Gasteiger partial charge is 0.393 e. The maximum atomic E-state index is 9.91. The monoisotopic (exact) mass is 275 g/mol. The summed E-state index contributed by atoms with van der Waals surface area (Å²) in [5.74, 6) is 1.13. The number of aliphatic hydroxyl groups is 1. The summed E-state index contributed by atoms with van der Waals surface area (Å²) < 4.78 is 0. The van der Waals surface area contributed by atoms with Gasteiger partial charge in [-0.1, -0.05) is 6.92 Å². The smallest absolute Gasteiger partial charge is 0.131 e. The third-order valence-electron chi connectivity index (χ3n) is 4.64. The van der Waals surface area contributed by atoms with Gasteiger partial charge in [0.25, 0.3) is 0 Å². The number of rotatable bonds is 4. The third kappa shape index (κ3) is 2.54. The van der Waals surface area contributed by atoms with Crippen LogP contribution in [0.1, 0.15) is 43.7 Å². The molecule has 2 saturated heterocycles. The van der Waals surface area contributed by atoms with Crippen LogP contribution in [0.4, 0.5) is 5.82 Å². The molecular weight excluding hydrogens is 250 g/mol. The van der Waals surface area contributed by atoms with Gasteiger partial charge in [-0.2, -0.15) is 0 Å². The molecule has 4 nitrogen and oxygen atoms in total. The van der Waals surface area contributed by atoms with Crippen LogP contribution in [0.2, 0.25) is 0 Å². The summed E-state index contributed by atoms with van der Waals surface area (Å²) in [7, 11) is 0. The topological polar surface area (TPSA) is 48.4 Å². The highest BCUT2D eigenvalue weighted by molar-refractivity contribution is 5.51. The van der Waals surface area contributed by atoms with Gasteiger partial charge in [-0.25, -0.2) is 4.98 Å². The molecule has 110 valence electrons. The van der Waals surface area contributed by atoms with Gasteiger partial charge in [0.1, 0.15) is 5.82 Å². The summed E-state index contributed by atoms with van der Waals surface area (Å²) in [5.41, 5.74) is 2.51. The molecule has 2 fully saturated rings. The van der Waals surface area contributed by atoms with Crippen molar-refractivity contribution in [2.24, 2.45) is 0 Å². The minimum absolute atomic E-state index is 0.114. The van der Waals surface area contributed by atoms with E-state index in [4.69, 9.17) is 4.98 Å². The van der Waals surface area contributed by atoms with Crippen molar-refractivity contribution in [1.82, 2.24) is 10.3 Å². The maximum Gasteiger partial charge on any atom is 0.131 e. The van der Waals surface area contributed by atoms with Crippen LogP contribution in [0.3, 0.4) is 0 Å². The fourth-order valence-electron chi connectivity index (χ4n) is 3.76. The summed E-state index contributed by atoms with van der Waals surface area (Å²) in [6, 6.07) is 3.21. The normalized spacial score (nSPS) is 28.9. The van der Waals surface area contributed by atoms with Crippen LogP contribution in [0, 0.1) is 6.92 Å². The lowest BCUT2D eigenvalue weighted by Crippen LogP contribution is -2.45. The molecule has 0 saturated carbocycles. The number of fused-ring (bicyclic) bond motifs is 2. The number of aromatic nitrogens is 1. The average Bonchev–Trinajstić information content (AvgIpc) is 2.68. The van der Waals surface area contributed by atoms with Crippen molar-refractivity contribution < 1.29 is 5.11 Å². The molecule has 4 heteroatoms. The first-order valence-corrected chi connectivity index (χ1v) is 7.81. The van der Waals surface area contributed by atoms with E-state index >= 15 is 0 Å². The van der Waals surface area contributed by atoms with Crippen LogP contribution < -0.4 is 10.2 Å². The molecule has 0 radical (unpaired) electrons. The summed E-state index contributed by atoms with van der Waals surface area (Å²) in [6.45, 7) is 6.14. The van der Waals surface area contributed by atoms with Crippen molar-refractivity contribution in [3.63, 3.8) is 0 Å². The number of aryl methyl sites for hydroxylation is 1. The van der Waals surface area contributed by atoms with Crippen LogP contribution in [0.5, 0.6) is 0 Å². The van der Waals surface area contributed by atoms with Gasteiger partial charge in [0.2, 0.25) is 0 Å². The zero-order chi connectivity index (χ0) is 14.1. The standard InChI is InChI=1S/C16H25N3O/c1-3-17-9-12-6-11(2)16(18-10-12)19-13-4-5-14(19)8-15(20)7-13/h6,10,13-15,17,20H,3-5,7-9H2,1-2H3. The predicted molar refractivity (Wildman–Crippen MR) is 80.9 cm³/mol. The first-order valence-electron chi connectivity index (χ1n) is 7.81. The maximum absolute atomic E-state index is 9.91. The van der Waals surface area contributed by atoms with Gasteiger partial charge >= 0.3 is 0 Å². The van der Waals surface area contributed by atoms with Crippen LogP contribution >= 0.6 is 0 Å². The molecule has 0 spiro atoms. The van der Waals surface area contributed by atoms with Crippen molar-refractivity contribution in [1.29, 1.82) is 0 Å². The quantitative estimate of drug-likeness (QED) is 0.882. The lowest BCUT2D eigenvalue weighted by Gasteiger charge is -2.38. The second-order valence-electron chi connectivity index (χ2n) is 6.18. The average molecular weight is 275 g/mol. The molecule has 1 aromatic rings. The fourth-order valence-corrected chi connectivity index (χ4v) is 3.76. The van der Waals surface area contributed by atoms with Gasteiger partial charge < -0.3 is 15.3 Å². The molecule has 0 amide bonds. The Morgan fingerprint density at radius 2 is 2.05 bits per heavy atom. The molecule has 3 heterocycles. The Balaban J connectivity index is 1.80. The second-order valence-corrected chi connectivity index (χ2v) is 6.18. The van der Waals surface area contributed by atoms with Crippen LogP contribution in [-0.2, 0) is 6.54 Å². The van der Waals surface area contributed by atoms with E-state index < -0.39 is 0 Å². The van der Waals surface area contributed by atoms with Crippen molar-refractivity contribution >= 4 is 5.82 Å². The number of hydrogen-bond donors (Lipinski definition) is 2. The summed E-state index contributed by atoms with van der Waals surface area (Å²) in [6.07, 6.45) is 6.07. The highest BCUT2D eigenvalue weighted by Crippen LogP contribution is 2.39. The predicted octanol–water partition coefficient (Wildman–Crippen LogP) is 1.99. The Morgan fingerprint density at radius 3 is 2.65 bits per heavy atom. The summed E-state index contributed by atoms with van der Waals surface area (Å²) in [5, 5.41) is 13.2. The molecule has 0 aliphatic carbocycles. The molecule has 3 rings (SSSR count). The molecule has 1 aromatic heterocycles. The molecule has 2 N–H and O–H groups in total. The lowest BCUT2D eigenvalue weighted by atomic mass is 9.99. The Bertz CT molecular complexity index is 463. The van der Waals surface area contributed by atoms with Crippen LogP contribution in [-0.4, -0.2) is 34.8 Å². The highest BCUT2D eigenvalue weighted by Gasteiger charge is 2.41. The second kappa shape index (κ2) is 5.70. The molecular formula is C16H25N3O. The minimum Gasteiger partial charge on any atom is -0.393 e. The van der Waals surface area contributed by atoms with Gasteiger partial charge in [-0.15, -0.1) is 0 Å². The number of nitrogens with zero attached hydrogens (tertiary/aromatic N) is 2. The zero-order valence-electron chi connectivity index (χ0n) is 12.5. The number of hydrogen-bond acceptors (Lipinski definition) is 4. The molecule has 2 atom stereocenters. The van der Waals surface area contributed by atoms with E-state index in [2.05, 4.69) is 30.1 Å². The van der Waals surface area contributed by atoms with Gasteiger partial charge in [-0.3, -0.25) is 0 Å². The van der Waals surface area contributed by atoms with E-state index in [0.29, 0.717) is 12.1 Å². The highest BCUT2D eigenvalue weighted by atomic mass is 16.3. The van der Waals surface area contributed by atoms with Gasteiger partial charge in [-0.05, 0) is 56.3 Å². The van der Waals surface area contributed by atoms with E-state index in [0.717, 1.165) is 31.7 Å². The summed E-state index contributed by atoms with van der Waals surface area (Å²) in [4.78, 5) is 7.20. The van der Waals surface area contributed by atoms with Crippen molar-refractivity contribution in [2.45, 2.75) is 64.3 Å². The molecule has 2 aliphatic heterocycles.